The molecule has 1 aromatic heterocycles. The number of nitrogens with zero attached hydrogens (tertiary/aromatic N) is 1. The maximum absolute atomic E-state index is 12.5. The number of nitrogens with one attached hydrogen (secondary N) is 3. The van der Waals surface area contributed by atoms with Gasteiger partial charge in [-0.2, -0.15) is 0 Å². The van der Waals surface area contributed by atoms with E-state index in [1.807, 2.05) is 12.1 Å². The largest absolute Gasteiger partial charge is 0.399 e. The van der Waals surface area contributed by atoms with Gasteiger partial charge in [-0.3, -0.25) is 14.8 Å². The molecule has 8 nitrogen and oxygen atoms in total. The zero-order valence-corrected chi connectivity index (χ0v) is 16.3. The first-order valence-corrected chi connectivity index (χ1v) is 9.25. The number of nitrogens with two attached hydrogens (primary N) is 1. The van der Waals surface area contributed by atoms with Crippen LogP contribution in [-0.4, -0.2) is 33.0 Å². The van der Waals surface area contributed by atoms with E-state index in [1.54, 1.807) is 41.9 Å². The number of nitrogen functional groups attached to an aromatic ring is 1. The minimum Gasteiger partial charge on any atom is -0.399 e. The van der Waals surface area contributed by atoms with Crippen LogP contribution in [0.5, 0.6) is 0 Å². The van der Waals surface area contributed by atoms with Crippen molar-refractivity contribution >= 4 is 17.5 Å². The lowest BCUT2D eigenvalue weighted by Gasteiger charge is -2.16. The summed E-state index contributed by atoms with van der Waals surface area (Å²) in [4.78, 5) is 31.1. The predicted octanol–water partition coefficient (Wildman–Crippen LogP) is 1.24. The molecular weight excluding hydrogens is 394 g/mol. The maximum Gasteiger partial charge on any atom is 0.266 e. The highest BCUT2D eigenvalue weighted by Crippen LogP contribution is 2.06. The van der Waals surface area contributed by atoms with Crippen LogP contribution in [0.2, 0.25) is 0 Å². The van der Waals surface area contributed by atoms with Crippen molar-refractivity contribution in [3.8, 4) is 23.7 Å². The van der Waals surface area contributed by atoms with E-state index >= 15 is 0 Å². The second-order valence-electron chi connectivity index (χ2n) is 6.48. The molecule has 0 saturated carbocycles. The quantitative estimate of drug-likeness (QED) is 0.186. The molecule has 0 unspecified atom stereocenters. The first kappa shape index (κ1) is 21.2. The Bertz CT molecular complexity index is 1160. The van der Waals surface area contributed by atoms with Crippen LogP contribution >= 0.6 is 0 Å². The third-order valence-corrected chi connectivity index (χ3v) is 4.24. The fraction of sp³-hybridized carbons (Fsp3) is 0.0870. The van der Waals surface area contributed by atoms with Gasteiger partial charge in [0.1, 0.15) is 6.04 Å². The molecule has 2 aromatic carbocycles. The molecule has 0 aliphatic rings. The van der Waals surface area contributed by atoms with Gasteiger partial charge in [0.15, 0.2) is 0 Å². The first-order valence-electron chi connectivity index (χ1n) is 9.25. The smallest absolute Gasteiger partial charge is 0.266 e. The molecule has 3 aromatic rings. The van der Waals surface area contributed by atoms with Gasteiger partial charge in [-0.05, 0) is 60.4 Å². The van der Waals surface area contributed by atoms with Crippen LogP contribution in [0.4, 0.5) is 5.69 Å². The van der Waals surface area contributed by atoms with Crippen LogP contribution in [0.15, 0.2) is 61.1 Å². The number of hydrogen-bond acceptors (Lipinski definition) is 5. The molecular formula is C23H19N5O3. The van der Waals surface area contributed by atoms with Gasteiger partial charge in [-0.1, -0.05) is 11.8 Å². The van der Waals surface area contributed by atoms with Gasteiger partial charge in [-0.15, -0.1) is 0 Å². The van der Waals surface area contributed by atoms with E-state index in [0.29, 0.717) is 22.5 Å². The molecule has 31 heavy (non-hydrogen) atoms. The molecule has 0 aliphatic carbocycles. The highest BCUT2D eigenvalue weighted by molar-refractivity contribution is 5.97. The standard InChI is InChI=1S/C23H19N5O3/c24-19-11-7-17(8-12-19)4-2-1-3-16-5-9-18(10-6-16)22(29)27-21(23(30)28-31)13-20-14-25-15-26-20/h5-12,14-15,21,31H,13,24H2,(H,25,26)(H,27,29)(H,28,30)/t21-/m0/s1. The van der Waals surface area contributed by atoms with Crippen molar-refractivity contribution in [1.29, 1.82) is 0 Å². The number of imidazole rings is 1. The topological polar surface area (TPSA) is 133 Å². The molecule has 0 radical (unpaired) electrons. The molecule has 2 amide bonds. The number of aromatic nitrogens is 2. The number of carbonyl (C=O) groups excluding carboxylic acids is 2. The lowest BCUT2D eigenvalue weighted by atomic mass is 10.1. The van der Waals surface area contributed by atoms with E-state index < -0.39 is 17.9 Å². The predicted molar refractivity (Wildman–Crippen MR) is 115 cm³/mol. The van der Waals surface area contributed by atoms with E-state index in [9.17, 15) is 9.59 Å². The highest BCUT2D eigenvalue weighted by Gasteiger charge is 2.22. The van der Waals surface area contributed by atoms with Crippen LogP contribution in [0, 0.1) is 23.7 Å². The fourth-order valence-electron chi connectivity index (χ4n) is 2.62. The van der Waals surface area contributed by atoms with E-state index in [4.69, 9.17) is 10.9 Å². The summed E-state index contributed by atoms with van der Waals surface area (Å²) in [7, 11) is 0. The Kier molecular flexibility index (Phi) is 7.04. The Labute approximate surface area is 178 Å². The summed E-state index contributed by atoms with van der Waals surface area (Å²) < 4.78 is 0. The van der Waals surface area contributed by atoms with Gasteiger partial charge in [0.05, 0.1) is 6.33 Å². The summed E-state index contributed by atoms with van der Waals surface area (Å²) in [5, 5.41) is 11.5. The van der Waals surface area contributed by atoms with Gasteiger partial charge in [0.2, 0.25) is 0 Å². The number of carbonyl (C=O) groups is 2. The van der Waals surface area contributed by atoms with Crippen LogP contribution < -0.4 is 16.5 Å². The summed E-state index contributed by atoms with van der Waals surface area (Å²) in [6, 6.07) is 12.7. The van der Waals surface area contributed by atoms with Gasteiger partial charge in [0.25, 0.3) is 11.8 Å². The highest BCUT2D eigenvalue weighted by atomic mass is 16.5. The molecule has 0 bridgehead atoms. The Morgan fingerprint density at radius 3 is 2.19 bits per heavy atom. The van der Waals surface area contributed by atoms with E-state index in [1.165, 1.54) is 12.5 Å². The van der Waals surface area contributed by atoms with Gasteiger partial charge in [-0.25, -0.2) is 10.5 Å². The Morgan fingerprint density at radius 1 is 1.03 bits per heavy atom. The van der Waals surface area contributed by atoms with Crippen LogP contribution in [0.1, 0.15) is 27.2 Å². The lowest BCUT2D eigenvalue weighted by Crippen LogP contribution is -2.47. The minimum absolute atomic E-state index is 0.147. The zero-order valence-electron chi connectivity index (χ0n) is 16.3. The van der Waals surface area contributed by atoms with Crippen molar-refractivity contribution in [3.05, 3.63) is 83.4 Å². The maximum atomic E-state index is 12.5. The molecule has 1 heterocycles. The van der Waals surface area contributed by atoms with Crippen molar-refractivity contribution in [2.45, 2.75) is 12.5 Å². The number of amides is 2. The van der Waals surface area contributed by atoms with Crippen molar-refractivity contribution in [2.24, 2.45) is 0 Å². The van der Waals surface area contributed by atoms with E-state index in [-0.39, 0.29) is 6.42 Å². The number of H-pyrrole nitrogens is 1. The van der Waals surface area contributed by atoms with Crippen LogP contribution in [0.25, 0.3) is 0 Å². The number of benzene rings is 2. The number of anilines is 1. The van der Waals surface area contributed by atoms with E-state index in [0.717, 1.165) is 5.56 Å². The van der Waals surface area contributed by atoms with Crippen molar-refractivity contribution in [3.63, 3.8) is 0 Å². The van der Waals surface area contributed by atoms with Gasteiger partial charge < -0.3 is 16.0 Å². The van der Waals surface area contributed by atoms with Crippen LogP contribution in [-0.2, 0) is 11.2 Å². The molecule has 3 rings (SSSR count). The summed E-state index contributed by atoms with van der Waals surface area (Å²) >= 11 is 0. The average Bonchev–Trinajstić information content (AvgIpc) is 3.30. The van der Waals surface area contributed by atoms with Gasteiger partial charge >= 0.3 is 0 Å². The molecule has 8 heteroatoms. The molecule has 1 atom stereocenters. The molecule has 154 valence electrons. The zero-order chi connectivity index (χ0) is 22.1. The SMILES string of the molecule is Nc1ccc(C#CC#Cc2ccc(C(=O)N[C@@H](Cc3cnc[nH]3)C(=O)NO)cc2)cc1. The normalized spacial score (nSPS) is 10.6. The molecule has 0 aliphatic heterocycles. The minimum atomic E-state index is -0.971. The molecule has 0 saturated heterocycles. The number of rotatable bonds is 5. The fourth-order valence-corrected chi connectivity index (χ4v) is 2.62. The summed E-state index contributed by atoms with van der Waals surface area (Å²) in [5.41, 5.74) is 10.3. The Balaban J connectivity index is 1.63. The van der Waals surface area contributed by atoms with Gasteiger partial charge in [0, 0.05) is 40.7 Å². The first-order chi connectivity index (χ1) is 15.0. The third-order valence-electron chi connectivity index (χ3n) is 4.24. The third kappa shape index (κ3) is 6.23. The molecule has 6 N–H and O–H groups in total. The average molecular weight is 413 g/mol. The molecule has 0 spiro atoms. The summed E-state index contributed by atoms with van der Waals surface area (Å²) in [5.74, 6) is 10.2. The number of hydroxylamine groups is 1. The second-order valence-corrected chi connectivity index (χ2v) is 6.48. The summed E-state index contributed by atoms with van der Waals surface area (Å²) in [6.45, 7) is 0. The number of hydrogen-bond donors (Lipinski definition) is 5. The van der Waals surface area contributed by atoms with Crippen molar-refractivity contribution in [2.75, 3.05) is 5.73 Å². The molecule has 0 fully saturated rings. The van der Waals surface area contributed by atoms with Crippen molar-refractivity contribution in [1.82, 2.24) is 20.8 Å². The second kappa shape index (κ2) is 10.3. The van der Waals surface area contributed by atoms with Crippen molar-refractivity contribution < 1.29 is 14.8 Å². The number of aromatic amines is 1. The summed E-state index contributed by atoms with van der Waals surface area (Å²) in [6.07, 6.45) is 3.15. The van der Waals surface area contributed by atoms with E-state index in [2.05, 4.69) is 39.0 Å². The Hall–Kier alpha value is -4.53. The Morgan fingerprint density at radius 2 is 1.65 bits per heavy atom. The lowest BCUT2D eigenvalue weighted by molar-refractivity contribution is -0.131. The van der Waals surface area contributed by atoms with Crippen LogP contribution in [0.3, 0.4) is 0 Å². The monoisotopic (exact) mass is 413 g/mol.